The standard InChI is InChI=1S/C9H10N2O3/c12-7-8(13)11(9(14)10-7)6-4-2-1-3-5-6/h1-5,7-8,12-13H,(H,10,14)/t7-,8-/m0/s1. The third-order valence-electron chi connectivity index (χ3n) is 2.07. The third-order valence-corrected chi connectivity index (χ3v) is 2.07. The molecular formula is C9H10N2O3. The lowest BCUT2D eigenvalue weighted by Crippen LogP contribution is -2.36. The van der Waals surface area contributed by atoms with Gasteiger partial charge in [0, 0.05) is 5.69 Å². The van der Waals surface area contributed by atoms with Gasteiger partial charge in [-0.15, -0.1) is 0 Å². The fourth-order valence-corrected chi connectivity index (χ4v) is 1.39. The summed E-state index contributed by atoms with van der Waals surface area (Å²) in [6.45, 7) is 0. The Morgan fingerprint density at radius 3 is 2.36 bits per heavy atom. The lowest BCUT2D eigenvalue weighted by Gasteiger charge is -2.19. The third kappa shape index (κ3) is 1.32. The summed E-state index contributed by atoms with van der Waals surface area (Å²) in [4.78, 5) is 12.4. The predicted octanol–water partition coefficient (Wildman–Crippen LogP) is -0.147. The Kier molecular flexibility index (Phi) is 2.11. The van der Waals surface area contributed by atoms with Crippen molar-refractivity contribution in [1.29, 1.82) is 0 Å². The van der Waals surface area contributed by atoms with Crippen molar-refractivity contribution in [3.63, 3.8) is 0 Å². The summed E-state index contributed by atoms with van der Waals surface area (Å²) in [6.07, 6.45) is -2.47. The number of amides is 2. The number of benzene rings is 1. The molecule has 5 nitrogen and oxygen atoms in total. The predicted molar refractivity (Wildman–Crippen MR) is 49.5 cm³/mol. The van der Waals surface area contributed by atoms with E-state index in [1.807, 2.05) is 0 Å². The molecule has 14 heavy (non-hydrogen) atoms. The number of anilines is 1. The molecule has 0 saturated carbocycles. The maximum Gasteiger partial charge on any atom is 0.326 e. The van der Waals surface area contributed by atoms with E-state index in [2.05, 4.69) is 5.32 Å². The summed E-state index contributed by atoms with van der Waals surface area (Å²) >= 11 is 0. The summed E-state index contributed by atoms with van der Waals surface area (Å²) in [6, 6.07) is 8.17. The number of nitrogens with zero attached hydrogens (tertiary/aromatic N) is 1. The molecular weight excluding hydrogens is 184 g/mol. The molecule has 1 aliphatic heterocycles. The second-order valence-corrected chi connectivity index (χ2v) is 3.01. The molecule has 2 atom stereocenters. The number of carbonyl (C=O) groups excluding carboxylic acids is 1. The van der Waals surface area contributed by atoms with Gasteiger partial charge in [0.05, 0.1) is 0 Å². The molecule has 74 valence electrons. The fraction of sp³-hybridized carbons (Fsp3) is 0.222. The van der Waals surface area contributed by atoms with Crippen LogP contribution in [0.4, 0.5) is 10.5 Å². The molecule has 5 heteroatoms. The number of carbonyl (C=O) groups is 1. The second kappa shape index (κ2) is 3.28. The highest BCUT2D eigenvalue weighted by Crippen LogP contribution is 2.20. The monoisotopic (exact) mass is 194 g/mol. The van der Waals surface area contributed by atoms with E-state index in [-0.39, 0.29) is 0 Å². The summed E-state index contributed by atoms with van der Waals surface area (Å²) in [5.74, 6) is 0. The number of hydrogen-bond acceptors (Lipinski definition) is 3. The van der Waals surface area contributed by atoms with Crippen molar-refractivity contribution < 1.29 is 15.0 Å². The first kappa shape index (κ1) is 8.98. The molecule has 1 aromatic carbocycles. The highest BCUT2D eigenvalue weighted by molar-refractivity contribution is 5.94. The maximum absolute atomic E-state index is 11.3. The summed E-state index contributed by atoms with van der Waals surface area (Å²) < 4.78 is 0. The van der Waals surface area contributed by atoms with Crippen molar-refractivity contribution in [3.05, 3.63) is 30.3 Å². The van der Waals surface area contributed by atoms with E-state index in [9.17, 15) is 15.0 Å². The number of rotatable bonds is 1. The zero-order chi connectivity index (χ0) is 10.1. The van der Waals surface area contributed by atoms with Gasteiger partial charge >= 0.3 is 6.03 Å². The van der Waals surface area contributed by atoms with E-state index in [4.69, 9.17) is 0 Å². The molecule has 1 heterocycles. The van der Waals surface area contributed by atoms with Gasteiger partial charge in [0.25, 0.3) is 0 Å². The number of aliphatic hydroxyl groups excluding tert-OH is 2. The Labute approximate surface area is 80.6 Å². The van der Waals surface area contributed by atoms with Gasteiger partial charge in [-0.2, -0.15) is 0 Å². The molecule has 1 aliphatic rings. The van der Waals surface area contributed by atoms with Crippen molar-refractivity contribution >= 4 is 11.7 Å². The Hall–Kier alpha value is -1.59. The highest BCUT2D eigenvalue weighted by Gasteiger charge is 2.37. The van der Waals surface area contributed by atoms with Gasteiger partial charge in [-0.1, -0.05) is 18.2 Å². The van der Waals surface area contributed by atoms with E-state index in [1.165, 1.54) is 0 Å². The van der Waals surface area contributed by atoms with Crippen LogP contribution in [-0.4, -0.2) is 28.7 Å². The molecule has 2 rings (SSSR count). The van der Waals surface area contributed by atoms with Crippen LogP contribution in [0.25, 0.3) is 0 Å². The van der Waals surface area contributed by atoms with Crippen LogP contribution in [0.5, 0.6) is 0 Å². The first-order valence-electron chi connectivity index (χ1n) is 4.21. The smallest absolute Gasteiger partial charge is 0.326 e. The van der Waals surface area contributed by atoms with Crippen molar-refractivity contribution in [3.8, 4) is 0 Å². The normalized spacial score (nSPS) is 26.4. The van der Waals surface area contributed by atoms with Crippen molar-refractivity contribution in [2.75, 3.05) is 4.90 Å². The van der Waals surface area contributed by atoms with Crippen LogP contribution in [0.3, 0.4) is 0 Å². The minimum atomic E-state index is -1.23. The van der Waals surface area contributed by atoms with Crippen LogP contribution in [0, 0.1) is 0 Å². The van der Waals surface area contributed by atoms with Crippen LogP contribution in [0.2, 0.25) is 0 Å². The second-order valence-electron chi connectivity index (χ2n) is 3.01. The lowest BCUT2D eigenvalue weighted by atomic mass is 10.3. The van der Waals surface area contributed by atoms with Gasteiger partial charge < -0.3 is 15.5 Å². The molecule has 1 aromatic rings. The zero-order valence-corrected chi connectivity index (χ0v) is 7.29. The minimum absolute atomic E-state index is 0.504. The Morgan fingerprint density at radius 2 is 1.86 bits per heavy atom. The lowest BCUT2D eigenvalue weighted by molar-refractivity contribution is 0.0331. The molecule has 0 bridgehead atoms. The van der Waals surface area contributed by atoms with E-state index < -0.39 is 18.5 Å². The number of para-hydroxylation sites is 1. The topological polar surface area (TPSA) is 72.8 Å². The fourth-order valence-electron chi connectivity index (χ4n) is 1.39. The Bertz CT molecular complexity index is 341. The molecule has 3 N–H and O–H groups in total. The first-order chi connectivity index (χ1) is 6.70. The van der Waals surface area contributed by atoms with Gasteiger partial charge in [-0.3, -0.25) is 4.90 Å². The van der Waals surface area contributed by atoms with Gasteiger partial charge in [-0.05, 0) is 12.1 Å². The Morgan fingerprint density at radius 1 is 1.21 bits per heavy atom. The van der Waals surface area contributed by atoms with Crippen LogP contribution >= 0.6 is 0 Å². The maximum atomic E-state index is 11.3. The molecule has 0 unspecified atom stereocenters. The minimum Gasteiger partial charge on any atom is -0.369 e. The molecule has 0 aromatic heterocycles. The summed E-state index contributed by atoms with van der Waals surface area (Å²) in [7, 11) is 0. The molecule has 2 amide bonds. The SMILES string of the molecule is O=C1N[C@@H](O)[C@H](O)N1c1ccccc1. The van der Waals surface area contributed by atoms with Crippen molar-refractivity contribution in [2.24, 2.45) is 0 Å². The summed E-state index contributed by atoms with van der Waals surface area (Å²) in [5, 5.41) is 20.9. The molecule has 1 fully saturated rings. The Balaban J connectivity index is 2.31. The zero-order valence-electron chi connectivity index (χ0n) is 7.29. The van der Waals surface area contributed by atoms with Crippen molar-refractivity contribution in [2.45, 2.75) is 12.5 Å². The first-order valence-corrected chi connectivity index (χ1v) is 4.21. The van der Waals surface area contributed by atoms with E-state index in [1.54, 1.807) is 30.3 Å². The van der Waals surface area contributed by atoms with E-state index in [0.29, 0.717) is 5.69 Å². The van der Waals surface area contributed by atoms with Crippen LogP contribution < -0.4 is 10.2 Å². The number of urea groups is 1. The van der Waals surface area contributed by atoms with Gasteiger partial charge in [0.1, 0.15) is 0 Å². The largest absolute Gasteiger partial charge is 0.369 e. The highest BCUT2D eigenvalue weighted by atomic mass is 16.4. The number of nitrogens with one attached hydrogen (secondary N) is 1. The van der Waals surface area contributed by atoms with E-state index in [0.717, 1.165) is 4.90 Å². The van der Waals surface area contributed by atoms with Gasteiger partial charge in [-0.25, -0.2) is 4.79 Å². The quantitative estimate of drug-likeness (QED) is 0.582. The average molecular weight is 194 g/mol. The molecule has 0 aliphatic carbocycles. The van der Waals surface area contributed by atoms with Crippen LogP contribution in [-0.2, 0) is 0 Å². The molecule has 0 radical (unpaired) electrons. The van der Waals surface area contributed by atoms with Gasteiger partial charge in [0.2, 0.25) is 0 Å². The number of aliphatic hydroxyl groups is 2. The van der Waals surface area contributed by atoms with Crippen LogP contribution in [0.1, 0.15) is 0 Å². The van der Waals surface area contributed by atoms with Crippen molar-refractivity contribution in [1.82, 2.24) is 5.32 Å². The molecule has 0 spiro atoms. The summed E-state index contributed by atoms with van der Waals surface area (Å²) in [5.41, 5.74) is 0.550. The average Bonchev–Trinajstić information content (AvgIpc) is 2.43. The van der Waals surface area contributed by atoms with E-state index >= 15 is 0 Å². The van der Waals surface area contributed by atoms with Crippen LogP contribution in [0.15, 0.2) is 30.3 Å². The number of hydrogen-bond donors (Lipinski definition) is 3. The molecule has 1 saturated heterocycles. The van der Waals surface area contributed by atoms with Gasteiger partial charge in [0.15, 0.2) is 12.5 Å².